The molecule has 2 N–H and O–H groups in total. The maximum absolute atomic E-state index is 12.5. The molecule has 0 aromatic heterocycles. The zero-order chi connectivity index (χ0) is 23.2. The van der Waals surface area contributed by atoms with Crippen molar-refractivity contribution >= 4 is 17.5 Å². The van der Waals surface area contributed by atoms with Crippen LogP contribution >= 0.6 is 0 Å². The smallest absolute Gasteiger partial charge is 0.309 e. The molecule has 1 unspecified atom stereocenters. The van der Waals surface area contributed by atoms with Crippen molar-refractivity contribution in [3.8, 4) is 5.75 Å². The van der Waals surface area contributed by atoms with E-state index >= 15 is 0 Å². The lowest BCUT2D eigenvalue weighted by molar-refractivity contribution is -0.139. The molecular formula is C25H32N4O4. The Labute approximate surface area is 194 Å². The molecule has 2 aliphatic heterocycles. The van der Waals surface area contributed by atoms with Crippen molar-refractivity contribution in [3.63, 3.8) is 0 Å². The number of anilines is 1. The minimum atomic E-state index is -0.637. The van der Waals surface area contributed by atoms with Crippen LogP contribution in [0.3, 0.4) is 0 Å². The van der Waals surface area contributed by atoms with Crippen LogP contribution in [-0.2, 0) is 27.3 Å². The van der Waals surface area contributed by atoms with Crippen molar-refractivity contribution in [1.82, 2.24) is 15.5 Å². The Morgan fingerprint density at radius 2 is 1.76 bits per heavy atom. The molecule has 2 amide bonds. The first-order valence-electron chi connectivity index (χ1n) is 11.4. The fourth-order valence-corrected chi connectivity index (χ4v) is 4.42. The van der Waals surface area contributed by atoms with E-state index in [1.807, 2.05) is 24.3 Å². The highest BCUT2D eigenvalue weighted by Crippen LogP contribution is 2.31. The average molecular weight is 453 g/mol. The third-order valence-electron chi connectivity index (χ3n) is 6.38. The molecule has 0 radical (unpaired) electrons. The SMILES string of the molecule is COc1ccc(CNC(=O)C(=O)NCC(c2ccc3c(c2)CCN3C)N2CCOCC2)cc1. The molecule has 1 saturated heterocycles. The standard InChI is InChI=1S/C25H32N4O4/c1-28-10-9-20-15-19(5-8-22(20)28)23(29-11-13-33-14-12-29)17-27-25(31)24(30)26-16-18-3-6-21(32-2)7-4-18/h3-8,15,23H,9-14,16-17H2,1-2H3,(H,26,30)(H,27,31). The predicted molar refractivity (Wildman–Crippen MR) is 126 cm³/mol. The molecule has 0 aliphatic carbocycles. The number of benzene rings is 2. The lowest BCUT2D eigenvalue weighted by Crippen LogP contribution is -2.46. The van der Waals surface area contributed by atoms with Crippen molar-refractivity contribution in [2.24, 2.45) is 0 Å². The number of ether oxygens (including phenoxy) is 2. The van der Waals surface area contributed by atoms with Crippen LogP contribution in [0.1, 0.15) is 22.7 Å². The number of carbonyl (C=O) groups is 2. The van der Waals surface area contributed by atoms with Gasteiger partial charge in [-0.1, -0.05) is 24.3 Å². The topological polar surface area (TPSA) is 83.1 Å². The molecule has 4 rings (SSSR count). The van der Waals surface area contributed by atoms with Gasteiger partial charge in [0.1, 0.15) is 5.75 Å². The Morgan fingerprint density at radius 1 is 1.03 bits per heavy atom. The zero-order valence-corrected chi connectivity index (χ0v) is 19.3. The monoisotopic (exact) mass is 452 g/mol. The summed E-state index contributed by atoms with van der Waals surface area (Å²) >= 11 is 0. The first kappa shape index (κ1) is 23.1. The highest BCUT2D eigenvalue weighted by Gasteiger charge is 2.26. The summed E-state index contributed by atoms with van der Waals surface area (Å²) in [4.78, 5) is 29.5. The summed E-state index contributed by atoms with van der Waals surface area (Å²) in [6, 6.07) is 13.9. The normalized spacial score (nSPS) is 16.7. The molecule has 2 heterocycles. The maximum Gasteiger partial charge on any atom is 0.309 e. The number of methoxy groups -OCH3 is 1. The van der Waals surface area contributed by atoms with E-state index in [0.717, 1.165) is 42.9 Å². The van der Waals surface area contributed by atoms with Crippen LogP contribution in [0, 0.1) is 0 Å². The Morgan fingerprint density at radius 3 is 2.48 bits per heavy atom. The molecule has 2 aromatic rings. The summed E-state index contributed by atoms with van der Waals surface area (Å²) in [5, 5.41) is 5.53. The van der Waals surface area contributed by atoms with Crippen LogP contribution in [0.15, 0.2) is 42.5 Å². The number of amides is 2. The average Bonchev–Trinajstić information content (AvgIpc) is 3.23. The van der Waals surface area contributed by atoms with Gasteiger partial charge in [0.15, 0.2) is 0 Å². The van der Waals surface area contributed by atoms with E-state index in [1.54, 1.807) is 7.11 Å². The van der Waals surface area contributed by atoms with Crippen molar-refractivity contribution in [3.05, 3.63) is 59.2 Å². The Bertz CT molecular complexity index is 973. The van der Waals surface area contributed by atoms with Gasteiger partial charge >= 0.3 is 11.8 Å². The molecule has 0 saturated carbocycles. The predicted octanol–water partition coefficient (Wildman–Crippen LogP) is 1.49. The number of fused-ring (bicyclic) bond motifs is 1. The molecule has 1 fully saturated rings. The second-order valence-electron chi connectivity index (χ2n) is 8.46. The van der Waals surface area contributed by atoms with E-state index in [-0.39, 0.29) is 12.6 Å². The molecular weight excluding hydrogens is 420 g/mol. The summed E-state index contributed by atoms with van der Waals surface area (Å²) in [7, 11) is 3.71. The molecule has 33 heavy (non-hydrogen) atoms. The second-order valence-corrected chi connectivity index (χ2v) is 8.46. The van der Waals surface area contributed by atoms with Gasteiger partial charge in [0.2, 0.25) is 0 Å². The summed E-state index contributed by atoms with van der Waals surface area (Å²) in [6.45, 7) is 4.58. The number of hydrogen-bond acceptors (Lipinski definition) is 6. The molecule has 1 atom stereocenters. The van der Waals surface area contributed by atoms with E-state index in [4.69, 9.17) is 9.47 Å². The fraction of sp³-hybridized carbons (Fsp3) is 0.440. The van der Waals surface area contributed by atoms with Crippen molar-refractivity contribution < 1.29 is 19.1 Å². The molecule has 8 heteroatoms. The first-order valence-corrected chi connectivity index (χ1v) is 11.4. The molecule has 2 aromatic carbocycles. The third kappa shape index (κ3) is 5.64. The second kappa shape index (κ2) is 10.7. The van der Waals surface area contributed by atoms with E-state index < -0.39 is 11.8 Å². The van der Waals surface area contributed by atoms with E-state index in [1.165, 1.54) is 11.3 Å². The summed E-state index contributed by atoms with van der Waals surface area (Å²) < 4.78 is 10.7. The number of morpholine rings is 1. The van der Waals surface area contributed by atoms with Gasteiger partial charge in [-0.05, 0) is 41.3 Å². The van der Waals surface area contributed by atoms with Crippen LogP contribution in [-0.4, -0.2) is 70.3 Å². The lowest BCUT2D eigenvalue weighted by Gasteiger charge is -2.35. The number of nitrogens with zero attached hydrogens (tertiary/aromatic N) is 2. The van der Waals surface area contributed by atoms with Crippen LogP contribution in [0.2, 0.25) is 0 Å². The lowest BCUT2D eigenvalue weighted by atomic mass is 10.0. The van der Waals surface area contributed by atoms with Gasteiger partial charge in [-0.3, -0.25) is 14.5 Å². The minimum absolute atomic E-state index is 0.0107. The summed E-state index contributed by atoms with van der Waals surface area (Å²) in [5.74, 6) is -0.514. The Balaban J connectivity index is 1.37. The van der Waals surface area contributed by atoms with Crippen molar-refractivity contribution in [2.75, 3.05) is 58.5 Å². The number of carbonyl (C=O) groups excluding carboxylic acids is 2. The molecule has 2 aliphatic rings. The van der Waals surface area contributed by atoms with Gasteiger partial charge < -0.3 is 25.0 Å². The molecule has 0 spiro atoms. The summed E-state index contributed by atoms with van der Waals surface area (Å²) in [6.07, 6.45) is 1.02. The number of rotatable bonds is 7. The number of nitrogens with one attached hydrogen (secondary N) is 2. The van der Waals surface area contributed by atoms with Crippen LogP contribution < -0.4 is 20.3 Å². The molecule has 0 bridgehead atoms. The highest BCUT2D eigenvalue weighted by atomic mass is 16.5. The van der Waals surface area contributed by atoms with Crippen LogP contribution in [0.4, 0.5) is 5.69 Å². The molecule has 8 nitrogen and oxygen atoms in total. The van der Waals surface area contributed by atoms with Gasteiger partial charge in [0.05, 0.1) is 26.4 Å². The highest BCUT2D eigenvalue weighted by molar-refractivity contribution is 6.35. The van der Waals surface area contributed by atoms with E-state index in [0.29, 0.717) is 19.8 Å². The van der Waals surface area contributed by atoms with Gasteiger partial charge in [-0.2, -0.15) is 0 Å². The van der Waals surface area contributed by atoms with Crippen LogP contribution in [0.5, 0.6) is 5.75 Å². The van der Waals surface area contributed by atoms with Crippen LogP contribution in [0.25, 0.3) is 0 Å². The zero-order valence-electron chi connectivity index (χ0n) is 19.3. The van der Waals surface area contributed by atoms with E-state index in [9.17, 15) is 9.59 Å². The summed E-state index contributed by atoms with van der Waals surface area (Å²) in [5.41, 5.74) is 4.65. The van der Waals surface area contributed by atoms with Gasteiger partial charge in [0.25, 0.3) is 0 Å². The largest absolute Gasteiger partial charge is 0.497 e. The van der Waals surface area contributed by atoms with Gasteiger partial charge in [-0.25, -0.2) is 0 Å². The third-order valence-corrected chi connectivity index (χ3v) is 6.38. The van der Waals surface area contributed by atoms with Gasteiger partial charge in [-0.15, -0.1) is 0 Å². The first-order chi connectivity index (χ1) is 16.0. The maximum atomic E-state index is 12.5. The number of hydrogen-bond donors (Lipinski definition) is 2. The Hall–Kier alpha value is -3.10. The minimum Gasteiger partial charge on any atom is -0.497 e. The van der Waals surface area contributed by atoms with E-state index in [2.05, 4.69) is 45.7 Å². The Kier molecular flexibility index (Phi) is 7.47. The van der Waals surface area contributed by atoms with Crippen molar-refractivity contribution in [2.45, 2.75) is 19.0 Å². The van der Waals surface area contributed by atoms with Crippen molar-refractivity contribution in [1.29, 1.82) is 0 Å². The van der Waals surface area contributed by atoms with Gasteiger partial charge in [0, 0.05) is 45.5 Å². The quantitative estimate of drug-likeness (QED) is 0.620. The fourth-order valence-electron chi connectivity index (χ4n) is 4.42. The number of likely N-dealkylation sites (N-methyl/N-ethyl adjacent to an activating group) is 1. The molecule has 176 valence electrons.